The van der Waals surface area contributed by atoms with Crippen molar-refractivity contribution < 1.29 is 9.15 Å². The van der Waals surface area contributed by atoms with Crippen molar-refractivity contribution in [2.45, 2.75) is 33.3 Å². The molecule has 0 unspecified atom stereocenters. The summed E-state index contributed by atoms with van der Waals surface area (Å²) in [6, 6.07) is 16.0. The zero-order valence-corrected chi connectivity index (χ0v) is 13.6. The monoisotopic (exact) mass is 308 g/mol. The van der Waals surface area contributed by atoms with E-state index in [2.05, 4.69) is 30.1 Å². The van der Waals surface area contributed by atoms with Gasteiger partial charge in [0.15, 0.2) is 6.61 Å². The summed E-state index contributed by atoms with van der Waals surface area (Å²) in [5.41, 5.74) is 3.30. The molecule has 0 radical (unpaired) electrons. The van der Waals surface area contributed by atoms with Crippen molar-refractivity contribution in [3.8, 4) is 17.2 Å². The van der Waals surface area contributed by atoms with Gasteiger partial charge in [0, 0.05) is 5.56 Å². The molecule has 0 saturated carbocycles. The molecule has 0 amide bonds. The van der Waals surface area contributed by atoms with Gasteiger partial charge in [0.1, 0.15) is 5.75 Å². The van der Waals surface area contributed by atoms with Gasteiger partial charge in [0.2, 0.25) is 5.89 Å². The van der Waals surface area contributed by atoms with Crippen LogP contribution in [0.25, 0.3) is 11.5 Å². The molecular formula is C19H20N2O2. The van der Waals surface area contributed by atoms with E-state index in [-0.39, 0.29) is 6.61 Å². The van der Waals surface area contributed by atoms with E-state index in [1.54, 1.807) is 0 Å². The molecule has 1 aromatic heterocycles. The van der Waals surface area contributed by atoms with Crippen LogP contribution in [0, 0.1) is 6.92 Å². The van der Waals surface area contributed by atoms with E-state index in [9.17, 15) is 0 Å². The summed E-state index contributed by atoms with van der Waals surface area (Å²) in [5, 5.41) is 8.17. The molecule has 0 aliphatic carbocycles. The van der Waals surface area contributed by atoms with Crippen LogP contribution in [0.5, 0.6) is 5.75 Å². The van der Waals surface area contributed by atoms with Gasteiger partial charge >= 0.3 is 0 Å². The predicted octanol–water partition coefficient (Wildman–Crippen LogP) is 4.75. The Morgan fingerprint density at radius 2 is 1.87 bits per heavy atom. The highest BCUT2D eigenvalue weighted by molar-refractivity contribution is 5.57. The smallest absolute Gasteiger partial charge is 0.254 e. The lowest BCUT2D eigenvalue weighted by atomic mass is 10.0. The molecule has 0 aliphatic heterocycles. The molecular weight excluding hydrogens is 288 g/mol. The van der Waals surface area contributed by atoms with Gasteiger partial charge in [-0.2, -0.15) is 0 Å². The fourth-order valence-corrected chi connectivity index (χ4v) is 2.34. The number of aryl methyl sites for hydroxylation is 1. The van der Waals surface area contributed by atoms with Crippen LogP contribution in [-0.4, -0.2) is 10.2 Å². The van der Waals surface area contributed by atoms with Gasteiger partial charge in [-0.15, -0.1) is 10.2 Å². The second-order valence-corrected chi connectivity index (χ2v) is 5.83. The summed E-state index contributed by atoms with van der Waals surface area (Å²) in [4.78, 5) is 0. The fourth-order valence-electron chi connectivity index (χ4n) is 2.34. The third-order valence-corrected chi connectivity index (χ3v) is 3.73. The third kappa shape index (κ3) is 3.59. The van der Waals surface area contributed by atoms with Crippen LogP contribution in [-0.2, 0) is 6.61 Å². The van der Waals surface area contributed by atoms with Crippen LogP contribution < -0.4 is 4.74 Å². The maximum Gasteiger partial charge on any atom is 0.254 e. The lowest BCUT2D eigenvalue weighted by Gasteiger charge is -2.08. The molecule has 4 nitrogen and oxygen atoms in total. The highest BCUT2D eigenvalue weighted by atomic mass is 16.5. The molecule has 4 heteroatoms. The van der Waals surface area contributed by atoms with Crippen molar-refractivity contribution in [2.75, 3.05) is 0 Å². The van der Waals surface area contributed by atoms with Crippen molar-refractivity contribution in [3.63, 3.8) is 0 Å². The number of ether oxygens (including phenoxy) is 1. The maximum atomic E-state index is 5.77. The summed E-state index contributed by atoms with van der Waals surface area (Å²) in [7, 11) is 0. The van der Waals surface area contributed by atoms with Gasteiger partial charge in [0.05, 0.1) is 0 Å². The van der Waals surface area contributed by atoms with E-state index in [4.69, 9.17) is 9.15 Å². The quantitative estimate of drug-likeness (QED) is 0.682. The van der Waals surface area contributed by atoms with Crippen molar-refractivity contribution in [1.29, 1.82) is 0 Å². The van der Waals surface area contributed by atoms with Crippen LogP contribution in [0.3, 0.4) is 0 Å². The molecule has 2 aromatic carbocycles. The largest absolute Gasteiger partial charge is 0.484 e. The maximum absolute atomic E-state index is 5.77. The first kappa shape index (κ1) is 15.3. The average molecular weight is 308 g/mol. The fraction of sp³-hybridized carbons (Fsp3) is 0.263. The number of hydrogen-bond acceptors (Lipinski definition) is 4. The van der Waals surface area contributed by atoms with Gasteiger partial charge in [-0.1, -0.05) is 44.2 Å². The Balaban J connectivity index is 1.70. The van der Waals surface area contributed by atoms with E-state index in [1.165, 1.54) is 5.56 Å². The topological polar surface area (TPSA) is 48.2 Å². The molecule has 3 rings (SSSR count). The first-order valence-corrected chi connectivity index (χ1v) is 7.74. The summed E-state index contributed by atoms with van der Waals surface area (Å²) in [6.45, 7) is 6.60. The van der Waals surface area contributed by atoms with E-state index in [1.807, 2.05) is 49.4 Å². The van der Waals surface area contributed by atoms with E-state index in [0.717, 1.165) is 16.9 Å². The number of nitrogens with zero attached hydrogens (tertiary/aromatic N) is 2. The van der Waals surface area contributed by atoms with Crippen molar-refractivity contribution in [2.24, 2.45) is 0 Å². The summed E-state index contributed by atoms with van der Waals surface area (Å²) in [5.74, 6) is 2.28. The Morgan fingerprint density at radius 3 is 2.65 bits per heavy atom. The molecule has 0 spiro atoms. The zero-order valence-electron chi connectivity index (χ0n) is 13.6. The second-order valence-electron chi connectivity index (χ2n) is 5.83. The van der Waals surface area contributed by atoms with E-state index in [0.29, 0.717) is 17.7 Å². The minimum Gasteiger partial charge on any atom is -0.484 e. The molecule has 0 fully saturated rings. The van der Waals surface area contributed by atoms with Crippen LogP contribution in [0.2, 0.25) is 0 Å². The van der Waals surface area contributed by atoms with Crippen molar-refractivity contribution in [3.05, 3.63) is 65.5 Å². The Morgan fingerprint density at radius 1 is 1.04 bits per heavy atom. The zero-order chi connectivity index (χ0) is 16.2. The molecule has 0 saturated heterocycles. The lowest BCUT2D eigenvalue weighted by Crippen LogP contribution is -1.97. The van der Waals surface area contributed by atoms with Crippen molar-refractivity contribution >= 4 is 0 Å². The van der Waals surface area contributed by atoms with Gasteiger partial charge < -0.3 is 9.15 Å². The Labute approximate surface area is 136 Å². The molecule has 0 atom stereocenters. The summed E-state index contributed by atoms with van der Waals surface area (Å²) < 4.78 is 11.5. The number of benzene rings is 2. The Kier molecular flexibility index (Phi) is 4.42. The molecule has 3 aromatic rings. The third-order valence-electron chi connectivity index (χ3n) is 3.73. The standard InChI is InChI=1S/C19H20N2O2/c1-13(2)15-8-6-9-16(11-15)22-12-18-20-21-19(23-18)17-10-5-4-7-14(17)3/h4-11,13H,12H2,1-3H3. The van der Waals surface area contributed by atoms with Crippen molar-refractivity contribution in [1.82, 2.24) is 10.2 Å². The van der Waals surface area contributed by atoms with Gasteiger partial charge in [-0.05, 0) is 42.2 Å². The summed E-state index contributed by atoms with van der Waals surface area (Å²) >= 11 is 0. The first-order chi connectivity index (χ1) is 11.1. The highest BCUT2D eigenvalue weighted by Crippen LogP contribution is 2.23. The molecule has 118 valence electrons. The number of hydrogen-bond donors (Lipinski definition) is 0. The van der Waals surface area contributed by atoms with Gasteiger partial charge in [-0.3, -0.25) is 0 Å². The minimum atomic E-state index is 0.264. The number of aromatic nitrogens is 2. The van der Waals surface area contributed by atoms with Crippen LogP contribution in [0.4, 0.5) is 0 Å². The van der Waals surface area contributed by atoms with E-state index < -0.39 is 0 Å². The van der Waals surface area contributed by atoms with Crippen LogP contribution in [0.15, 0.2) is 52.9 Å². The molecule has 0 N–H and O–H groups in total. The number of rotatable bonds is 5. The van der Waals surface area contributed by atoms with Gasteiger partial charge in [0.25, 0.3) is 5.89 Å². The molecule has 23 heavy (non-hydrogen) atoms. The molecule has 1 heterocycles. The molecule has 0 aliphatic rings. The Hall–Kier alpha value is -2.62. The predicted molar refractivity (Wildman–Crippen MR) is 89.3 cm³/mol. The molecule has 0 bridgehead atoms. The summed E-state index contributed by atoms with van der Waals surface area (Å²) in [6.07, 6.45) is 0. The van der Waals surface area contributed by atoms with Crippen LogP contribution >= 0.6 is 0 Å². The SMILES string of the molecule is Cc1ccccc1-c1nnc(COc2cccc(C(C)C)c2)o1. The van der Waals surface area contributed by atoms with Gasteiger partial charge in [-0.25, -0.2) is 0 Å². The first-order valence-electron chi connectivity index (χ1n) is 7.74. The minimum absolute atomic E-state index is 0.264. The normalized spacial score (nSPS) is 11.0. The Bertz CT molecular complexity index is 793. The lowest BCUT2D eigenvalue weighted by molar-refractivity contribution is 0.264. The van der Waals surface area contributed by atoms with Crippen LogP contribution in [0.1, 0.15) is 36.8 Å². The average Bonchev–Trinajstić information content (AvgIpc) is 3.02. The second kappa shape index (κ2) is 6.65. The van der Waals surface area contributed by atoms with E-state index >= 15 is 0 Å². The highest BCUT2D eigenvalue weighted by Gasteiger charge is 2.11.